The van der Waals surface area contributed by atoms with E-state index in [0.717, 1.165) is 12.1 Å². The maximum absolute atomic E-state index is 14.2. The second kappa shape index (κ2) is 7.90. The SMILES string of the molecule is CC(C)NC(=O)N(O)C1N(C(C)C)C(=O)N(Cc2c(F)cccc2F)C1(C)C. The smallest absolute Gasteiger partial charge is 0.334 e. The standard InChI is InChI=1S/C19H28F2N4O3/c1-11(2)22-17(26)25(28)16-19(5,6)23(18(27)24(16)12(3)4)10-13-14(20)8-7-9-15(13)21/h7-9,11-12,16,28H,10H2,1-6H3,(H,22,26). The summed E-state index contributed by atoms with van der Waals surface area (Å²) in [6, 6.07) is 1.62. The molecule has 0 bridgehead atoms. The molecule has 1 aromatic carbocycles. The third-order valence-electron chi connectivity index (χ3n) is 4.83. The maximum Gasteiger partial charge on any atom is 0.343 e. The number of nitrogens with zero attached hydrogens (tertiary/aromatic N) is 3. The van der Waals surface area contributed by atoms with E-state index >= 15 is 0 Å². The first kappa shape index (κ1) is 21.9. The maximum atomic E-state index is 14.2. The molecule has 1 aliphatic rings. The molecule has 2 N–H and O–H groups in total. The number of nitrogens with one attached hydrogen (secondary N) is 1. The monoisotopic (exact) mass is 398 g/mol. The molecule has 1 heterocycles. The second-order valence-corrected chi connectivity index (χ2v) is 8.05. The van der Waals surface area contributed by atoms with Gasteiger partial charge in [-0.25, -0.2) is 18.4 Å². The van der Waals surface area contributed by atoms with Crippen molar-refractivity contribution in [3.8, 4) is 0 Å². The van der Waals surface area contributed by atoms with Gasteiger partial charge in [0.05, 0.1) is 12.1 Å². The fourth-order valence-electron chi connectivity index (χ4n) is 3.43. The summed E-state index contributed by atoms with van der Waals surface area (Å²) in [5.74, 6) is -1.52. The summed E-state index contributed by atoms with van der Waals surface area (Å²) in [5, 5.41) is 13.6. The summed E-state index contributed by atoms with van der Waals surface area (Å²) in [6.07, 6.45) is -1.05. The molecule has 0 saturated carbocycles. The van der Waals surface area contributed by atoms with Gasteiger partial charge in [-0.1, -0.05) is 6.07 Å². The highest BCUT2D eigenvalue weighted by Crippen LogP contribution is 2.37. The number of halogens is 2. The van der Waals surface area contributed by atoms with Crippen molar-refractivity contribution < 1.29 is 23.6 Å². The van der Waals surface area contributed by atoms with Crippen molar-refractivity contribution >= 4 is 12.1 Å². The molecule has 1 aliphatic heterocycles. The fraction of sp³-hybridized carbons (Fsp3) is 0.579. The van der Waals surface area contributed by atoms with Crippen molar-refractivity contribution in [1.29, 1.82) is 0 Å². The lowest BCUT2D eigenvalue weighted by atomic mass is 9.98. The highest BCUT2D eigenvalue weighted by Gasteiger charge is 2.56. The van der Waals surface area contributed by atoms with Crippen LogP contribution in [0.15, 0.2) is 18.2 Å². The number of hydrogen-bond acceptors (Lipinski definition) is 3. The quantitative estimate of drug-likeness (QED) is 0.589. The van der Waals surface area contributed by atoms with E-state index in [2.05, 4.69) is 5.32 Å². The van der Waals surface area contributed by atoms with Crippen LogP contribution in [0.4, 0.5) is 18.4 Å². The molecule has 1 fully saturated rings. The number of amides is 4. The highest BCUT2D eigenvalue weighted by molar-refractivity contribution is 5.81. The first-order chi connectivity index (χ1) is 12.9. The van der Waals surface area contributed by atoms with Gasteiger partial charge in [-0.3, -0.25) is 10.1 Å². The van der Waals surface area contributed by atoms with Gasteiger partial charge in [0.1, 0.15) is 11.6 Å². The third kappa shape index (κ3) is 3.89. The molecule has 2 rings (SSSR count). The number of rotatable bonds is 5. The van der Waals surface area contributed by atoms with Crippen molar-refractivity contribution in [3.05, 3.63) is 35.4 Å². The van der Waals surface area contributed by atoms with Crippen molar-refractivity contribution in [2.75, 3.05) is 0 Å². The third-order valence-corrected chi connectivity index (χ3v) is 4.83. The molecule has 1 atom stereocenters. The van der Waals surface area contributed by atoms with Gasteiger partial charge >= 0.3 is 12.1 Å². The van der Waals surface area contributed by atoms with Crippen LogP contribution in [0.2, 0.25) is 0 Å². The summed E-state index contributed by atoms with van der Waals surface area (Å²) in [5.41, 5.74) is -1.37. The number of hydroxylamine groups is 2. The summed E-state index contributed by atoms with van der Waals surface area (Å²) >= 11 is 0. The van der Waals surface area contributed by atoms with Crippen LogP contribution in [0, 0.1) is 11.6 Å². The average Bonchev–Trinajstić information content (AvgIpc) is 2.76. The number of carbonyl (C=O) groups is 2. The molecular weight excluding hydrogens is 370 g/mol. The predicted octanol–water partition coefficient (Wildman–Crippen LogP) is 3.52. The molecule has 0 aliphatic carbocycles. The zero-order valence-corrected chi connectivity index (χ0v) is 17.0. The fourth-order valence-corrected chi connectivity index (χ4v) is 3.43. The van der Waals surface area contributed by atoms with Gasteiger partial charge in [-0.05, 0) is 53.7 Å². The molecule has 156 valence electrons. The van der Waals surface area contributed by atoms with Gasteiger partial charge < -0.3 is 10.2 Å². The molecule has 0 spiro atoms. The number of hydrogen-bond donors (Lipinski definition) is 2. The molecule has 7 nitrogen and oxygen atoms in total. The van der Waals surface area contributed by atoms with Crippen molar-refractivity contribution in [2.45, 2.75) is 71.9 Å². The van der Waals surface area contributed by atoms with Gasteiger partial charge in [0.2, 0.25) is 0 Å². The number of benzene rings is 1. The lowest BCUT2D eigenvalue weighted by Gasteiger charge is -2.39. The molecule has 1 saturated heterocycles. The highest BCUT2D eigenvalue weighted by atomic mass is 19.1. The van der Waals surface area contributed by atoms with Gasteiger partial charge in [-0.15, -0.1) is 0 Å². The molecule has 0 aromatic heterocycles. The summed E-state index contributed by atoms with van der Waals surface area (Å²) in [6.45, 7) is 9.91. The topological polar surface area (TPSA) is 76.1 Å². The Hall–Kier alpha value is -2.42. The van der Waals surface area contributed by atoms with Crippen LogP contribution in [-0.2, 0) is 6.54 Å². The Morgan fingerprint density at radius 3 is 2.25 bits per heavy atom. The Labute approximate surface area is 163 Å². The minimum atomic E-state index is -1.13. The van der Waals surface area contributed by atoms with Crippen LogP contribution in [0.3, 0.4) is 0 Å². The molecule has 9 heteroatoms. The van der Waals surface area contributed by atoms with Crippen LogP contribution in [0.25, 0.3) is 0 Å². The van der Waals surface area contributed by atoms with Crippen LogP contribution in [0.5, 0.6) is 0 Å². The lowest BCUT2D eigenvalue weighted by Crippen LogP contribution is -2.60. The van der Waals surface area contributed by atoms with Crippen LogP contribution >= 0.6 is 0 Å². The Balaban J connectivity index is 2.44. The first-order valence-corrected chi connectivity index (χ1v) is 9.21. The van der Waals surface area contributed by atoms with Crippen LogP contribution < -0.4 is 5.32 Å². The molecule has 0 radical (unpaired) electrons. The van der Waals surface area contributed by atoms with E-state index < -0.39 is 35.4 Å². The Morgan fingerprint density at radius 2 is 1.79 bits per heavy atom. The van der Waals surface area contributed by atoms with Gasteiger partial charge in [0, 0.05) is 17.6 Å². The average molecular weight is 398 g/mol. The first-order valence-electron chi connectivity index (χ1n) is 9.21. The van der Waals surface area contributed by atoms with E-state index in [-0.39, 0.29) is 24.2 Å². The van der Waals surface area contributed by atoms with Gasteiger partial charge in [0.15, 0.2) is 6.17 Å². The number of urea groups is 2. The normalized spacial score (nSPS) is 19.0. The van der Waals surface area contributed by atoms with E-state index in [1.165, 1.54) is 15.9 Å². The molecule has 28 heavy (non-hydrogen) atoms. The summed E-state index contributed by atoms with van der Waals surface area (Å²) in [4.78, 5) is 28.1. The Kier molecular flexibility index (Phi) is 6.18. The largest absolute Gasteiger partial charge is 0.343 e. The zero-order valence-electron chi connectivity index (χ0n) is 17.0. The van der Waals surface area contributed by atoms with E-state index in [9.17, 15) is 23.6 Å². The van der Waals surface area contributed by atoms with Crippen molar-refractivity contribution in [2.24, 2.45) is 0 Å². The van der Waals surface area contributed by atoms with Gasteiger partial charge in [0.25, 0.3) is 0 Å². The van der Waals surface area contributed by atoms with E-state index in [1.807, 2.05) is 0 Å². The lowest BCUT2D eigenvalue weighted by molar-refractivity contribution is -0.138. The van der Waals surface area contributed by atoms with Crippen LogP contribution in [-0.4, -0.2) is 55.9 Å². The predicted molar refractivity (Wildman–Crippen MR) is 99.4 cm³/mol. The van der Waals surface area contributed by atoms with Crippen molar-refractivity contribution in [3.63, 3.8) is 0 Å². The van der Waals surface area contributed by atoms with E-state index in [4.69, 9.17) is 0 Å². The van der Waals surface area contributed by atoms with Crippen LogP contribution in [0.1, 0.15) is 47.1 Å². The molecular formula is C19H28F2N4O3. The second-order valence-electron chi connectivity index (χ2n) is 8.05. The van der Waals surface area contributed by atoms with Crippen molar-refractivity contribution in [1.82, 2.24) is 20.2 Å². The van der Waals surface area contributed by atoms with E-state index in [0.29, 0.717) is 5.06 Å². The Morgan fingerprint density at radius 1 is 1.25 bits per heavy atom. The summed E-state index contributed by atoms with van der Waals surface area (Å²) < 4.78 is 28.3. The Bertz CT molecular complexity index is 734. The minimum Gasteiger partial charge on any atom is -0.334 e. The molecule has 1 unspecified atom stereocenters. The van der Waals surface area contributed by atoms with Gasteiger partial charge in [-0.2, -0.15) is 5.06 Å². The number of carbonyl (C=O) groups excluding carboxylic acids is 2. The zero-order chi connectivity index (χ0) is 21.4. The minimum absolute atomic E-state index is 0.224. The molecule has 1 aromatic rings. The van der Waals surface area contributed by atoms with E-state index in [1.54, 1.807) is 41.5 Å². The summed E-state index contributed by atoms with van der Waals surface area (Å²) in [7, 11) is 0. The molecule has 4 amide bonds.